The van der Waals surface area contributed by atoms with Gasteiger partial charge in [0.15, 0.2) is 0 Å². The number of hydrogen-bond acceptors (Lipinski definition) is 3. The van der Waals surface area contributed by atoms with Crippen LogP contribution in [0.3, 0.4) is 0 Å². The fraction of sp³-hybridized carbons (Fsp3) is 0.556. The van der Waals surface area contributed by atoms with Crippen LogP contribution in [0.4, 0.5) is 0 Å². The lowest BCUT2D eigenvalue weighted by Gasteiger charge is -2.22. The fourth-order valence-corrected chi connectivity index (χ4v) is 2.27. The minimum Gasteiger partial charge on any atom is -0.371 e. The second-order valence-electron chi connectivity index (χ2n) is 2.73. The molecule has 2 nitrogen and oxygen atoms in total. The summed E-state index contributed by atoms with van der Waals surface area (Å²) in [6.07, 6.45) is -1.31. The summed E-state index contributed by atoms with van der Waals surface area (Å²) in [5, 5.41) is 4.99. The van der Waals surface area contributed by atoms with Gasteiger partial charge in [0, 0.05) is 14.2 Å². The van der Waals surface area contributed by atoms with Crippen LogP contribution in [0.15, 0.2) is 11.4 Å². The zero-order chi connectivity index (χ0) is 10.2. The molecule has 1 aliphatic heterocycles. The van der Waals surface area contributed by atoms with Crippen LogP contribution >= 0.6 is 11.3 Å². The number of likely N-dealkylation sites (N-methyl/N-ethyl adjacent to an activating group) is 1. The number of ether oxygens (including phenoxy) is 1. The van der Waals surface area contributed by atoms with E-state index in [0.29, 0.717) is 0 Å². The summed E-state index contributed by atoms with van der Waals surface area (Å²) in [4.78, 5) is 1.02. The van der Waals surface area contributed by atoms with Crippen molar-refractivity contribution in [3.8, 4) is 0 Å². The Balaban J connectivity index is 2.32. The zero-order valence-electron chi connectivity index (χ0n) is 8.96. The third kappa shape index (κ3) is 1.40. The summed E-state index contributed by atoms with van der Waals surface area (Å²) in [7, 11) is 1.87. The summed E-state index contributed by atoms with van der Waals surface area (Å²) in [6.45, 7) is 0.896. The highest BCUT2D eigenvalue weighted by Crippen LogP contribution is 2.30. The minimum atomic E-state index is -1.32. The molecule has 0 spiro atoms. The molecule has 12 heavy (non-hydrogen) atoms. The van der Waals surface area contributed by atoms with E-state index in [1.165, 1.54) is 0 Å². The zero-order valence-corrected chi connectivity index (χ0v) is 7.78. The Morgan fingerprint density at radius 3 is 3.67 bits per heavy atom. The fourth-order valence-electron chi connectivity index (χ4n) is 1.35. The second-order valence-corrected chi connectivity index (χ2v) is 3.68. The SMILES string of the molecule is [2H]C1([2H])COC(CNC)c2sccc21. The standard InChI is InChI=1S/C9H13NOS/c1-10-6-8-9-7(2-4-11-8)3-5-12-9/h3,5,8,10H,2,4,6H2,1H3/i2D2. The molecule has 3 heteroatoms. The first-order valence-electron chi connectivity index (χ1n) is 4.99. The maximum Gasteiger partial charge on any atom is 0.104 e. The third-order valence-electron chi connectivity index (χ3n) is 1.92. The topological polar surface area (TPSA) is 21.3 Å². The molecule has 0 aliphatic carbocycles. The first-order valence-corrected chi connectivity index (χ1v) is 4.87. The van der Waals surface area contributed by atoms with Gasteiger partial charge in [0.05, 0.1) is 6.61 Å². The van der Waals surface area contributed by atoms with Gasteiger partial charge in [-0.25, -0.2) is 0 Å². The number of nitrogens with one attached hydrogen (secondary N) is 1. The van der Waals surface area contributed by atoms with E-state index in [2.05, 4.69) is 5.32 Å². The van der Waals surface area contributed by atoms with E-state index in [9.17, 15) is 0 Å². The smallest absolute Gasteiger partial charge is 0.104 e. The average molecular weight is 185 g/mol. The number of hydrogen-bond donors (Lipinski definition) is 1. The molecule has 1 unspecified atom stereocenters. The van der Waals surface area contributed by atoms with Crippen molar-refractivity contribution in [2.24, 2.45) is 0 Å². The van der Waals surface area contributed by atoms with Crippen LogP contribution in [0, 0.1) is 0 Å². The van der Waals surface area contributed by atoms with Crippen LogP contribution in [-0.2, 0) is 11.1 Å². The molecule has 2 heterocycles. The molecule has 1 atom stereocenters. The number of fused-ring (bicyclic) bond motifs is 1. The van der Waals surface area contributed by atoms with E-state index < -0.39 is 6.37 Å². The lowest BCUT2D eigenvalue weighted by atomic mass is 10.1. The Bertz CT molecular complexity index is 326. The maximum atomic E-state index is 7.77. The lowest BCUT2D eigenvalue weighted by molar-refractivity contribution is 0.0469. The average Bonchev–Trinajstić information content (AvgIpc) is 2.60. The van der Waals surface area contributed by atoms with E-state index in [1.54, 1.807) is 11.3 Å². The van der Waals surface area contributed by atoms with Gasteiger partial charge in [-0.3, -0.25) is 0 Å². The molecule has 0 bridgehead atoms. The lowest BCUT2D eigenvalue weighted by Crippen LogP contribution is -2.23. The Morgan fingerprint density at radius 1 is 1.92 bits per heavy atom. The molecule has 66 valence electrons. The van der Waals surface area contributed by atoms with Gasteiger partial charge in [-0.05, 0) is 30.4 Å². The summed E-state index contributed by atoms with van der Waals surface area (Å²) < 4.78 is 21.0. The van der Waals surface area contributed by atoms with Crippen molar-refractivity contribution in [3.63, 3.8) is 0 Å². The van der Waals surface area contributed by atoms with Crippen molar-refractivity contribution < 1.29 is 7.48 Å². The van der Waals surface area contributed by atoms with Crippen LogP contribution in [0.25, 0.3) is 0 Å². The van der Waals surface area contributed by atoms with Gasteiger partial charge < -0.3 is 10.1 Å². The first-order chi connectivity index (χ1) is 6.65. The van der Waals surface area contributed by atoms with Gasteiger partial charge in [-0.2, -0.15) is 0 Å². The monoisotopic (exact) mass is 185 g/mol. The van der Waals surface area contributed by atoms with Crippen LogP contribution in [0.2, 0.25) is 0 Å². The first kappa shape index (κ1) is 6.13. The van der Waals surface area contributed by atoms with Gasteiger partial charge in [0.25, 0.3) is 0 Å². The van der Waals surface area contributed by atoms with Crippen molar-refractivity contribution in [1.82, 2.24) is 5.32 Å². The van der Waals surface area contributed by atoms with Gasteiger partial charge >= 0.3 is 0 Å². The van der Waals surface area contributed by atoms with Crippen LogP contribution in [0.1, 0.15) is 19.3 Å². The van der Waals surface area contributed by atoms with Crippen LogP contribution in [0.5, 0.6) is 0 Å². The Hall–Kier alpha value is -0.380. The van der Waals surface area contributed by atoms with Crippen LogP contribution in [-0.4, -0.2) is 20.2 Å². The summed E-state index contributed by atoms with van der Waals surface area (Å²) in [5.41, 5.74) is 0.800. The molecule has 0 saturated carbocycles. The largest absolute Gasteiger partial charge is 0.371 e. The van der Waals surface area contributed by atoms with Gasteiger partial charge in [0.2, 0.25) is 0 Å². The predicted molar refractivity (Wildman–Crippen MR) is 50.6 cm³/mol. The second kappa shape index (κ2) is 3.56. The highest BCUT2D eigenvalue weighted by molar-refractivity contribution is 7.10. The van der Waals surface area contributed by atoms with E-state index in [0.717, 1.165) is 17.0 Å². The molecule has 2 rings (SSSR count). The normalized spacial score (nSPS) is 28.9. The molecule has 0 saturated heterocycles. The summed E-state index contributed by atoms with van der Waals surface area (Å²) >= 11 is 1.57. The molecule has 1 aromatic rings. The van der Waals surface area contributed by atoms with E-state index in [4.69, 9.17) is 7.48 Å². The summed E-state index contributed by atoms with van der Waals surface area (Å²) in [6, 6.07) is 1.87. The van der Waals surface area contributed by atoms with Crippen molar-refractivity contribution in [1.29, 1.82) is 0 Å². The molecule has 0 amide bonds. The minimum absolute atomic E-state index is 0.0128. The van der Waals surface area contributed by atoms with Crippen LogP contribution < -0.4 is 5.32 Å². The molecule has 1 aromatic heterocycles. The highest BCUT2D eigenvalue weighted by Gasteiger charge is 2.20. The Kier molecular flexibility index (Phi) is 1.82. The van der Waals surface area contributed by atoms with E-state index >= 15 is 0 Å². The molecular formula is C9H13NOS. The molecule has 0 fully saturated rings. The third-order valence-corrected chi connectivity index (χ3v) is 2.93. The molecule has 1 aliphatic rings. The van der Waals surface area contributed by atoms with Gasteiger partial charge in [0.1, 0.15) is 6.10 Å². The maximum absolute atomic E-state index is 7.77. The van der Waals surface area contributed by atoms with Crippen molar-refractivity contribution in [3.05, 3.63) is 21.9 Å². The van der Waals surface area contributed by atoms with Gasteiger partial charge in [-0.1, -0.05) is 0 Å². The molecule has 1 N–H and O–H groups in total. The number of rotatable bonds is 2. The predicted octanol–water partition coefficient (Wildman–Crippen LogP) is 1.58. The number of thiophene rings is 1. The Labute approximate surface area is 79.4 Å². The summed E-state index contributed by atoms with van der Waals surface area (Å²) in [5.74, 6) is 0. The highest BCUT2D eigenvalue weighted by atomic mass is 32.1. The van der Waals surface area contributed by atoms with Crippen molar-refractivity contribution in [2.45, 2.75) is 12.5 Å². The Morgan fingerprint density at radius 2 is 2.83 bits per heavy atom. The quantitative estimate of drug-likeness (QED) is 0.755. The van der Waals surface area contributed by atoms with E-state index in [1.807, 2.05) is 18.5 Å². The van der Waals surface area contributed by atoms with Crippen molar-refractivity contribution >= 4 is 11.3 Å². The van der Waals surface area contributed by atoms with E-state index in [-0.39, 0.29) is 12.7 Å². The molecular weight excluding hydrogens is 170 g/mol. The molecule has 0 aromatic carbocycles. The van der Waals surface area contributed by atoms with Gasteiger partial charge in [-0.15, -0.1) is 11.3 Å². The van der Waals surface area contributed by atoms with Crippen molar-refractivity contribution in [2.75, 3.05) is 20.2 Å². The molecule has 0 radical (unpaired) electrons.